The van der Waals surface area contributed by atoms with Gasteiger partial charge in [0.05, 0.1) is 0 Å². The molecule has 42 valence electrons. The first-order valence-electron chi connectivity index (χ1n) is 0. The summed E-state index contributed by atoms with van der Waals surface area (Å²) in [6.07, 6.45) is 0. The molecular formula is H6BiCaCuO2PbSr. The van der Waals surface area contributed by atoms with Crippen molar-refractivity contribution >= 4 is 137 Å². The van der Waals surface area contributed by atoms with Crippen LogP contribution in [0.3, 0.4) is 0 Å². The van der Waals surface area contributed by atoms with Crippen LogP contribution in [0.2, 0.25) is 0 Å². The number of rotatable bonds is 0. The van der Waals surface area contributed by atoms with E-state index in [1.807, 2.05) is 0 Å². The van der Waals surface area contributed by atoms with Crippen LogP contribution in [0.4, 0.5) is 0 Å². The van der Waals surface area contributed by atoms with E-state index in [2.05, 4.69) is 0 Å². The molecule has 2 nitrogen and oxygen atoms in total. The fraction of sp³-hybridized carbons (Fsp3) is 0. The minimum Gasteiger partial charge on any atom is -2.00 e. The second-order valence-corrected chi connectivity index (χ2v) is 0. The third-order valence-corrected chi connectivity index (χ3v) is 0. The Balaban J connectivity index is 0. The summed E-state index contributed by atoms with van der Waals surface area (Å²) in [7, 11) is 0. The van der Waals surface area contributed by atoms with Crippen molar-refractivity contribution in [1.29, 1.82) is 0 Å². The molecule has 0 rings (SSSR count). The molecular weight excluding hydrogens is 639 g/mol. The Labute approximate surface area is 166 Å². The van der Waals surface area contributed by atoms with Crippen LogP contribution >= 0.6 is 0 Å². The van der Waals surface area contributed by atoms with E-state index in [1.165, 1.54) is 0 Å². The Morgan fingerprint density at radius 2 is 1.14 bits per heavy atom. The van der Waals surface area contributed by atoms with Gasteiger partial charge in [-0.25, -0.2) is 0 Å². The fourth-order valence-corrected chi connectivity index (χ4v) is 0. The van der Waals surface area contributed by atoms with Crippen LogP contribution in [-0.2, 0) is 22.5 Å². The summed E-state index contributed by atoms with van der Waals surface area (Å²) >= 11 is 0. The first-order chi connectivity index (χ1) is 0. The summed E-state index contributed by atoms with van der Waals surface area (Å²) in [6.45, 7) is 0. The molecule has 0 aromatic carbocycles. The van der Waals surface area contributed by atoms with Crippen molar-refractivity contribution in [2.75, 3.05) is 0 Å². The maximum atomic E-state index is 0. The summed E-state index contributed by atoms with van der Waals surface area (Å²) in [6, 6.07) is 0. The molecule has 8 radical (unpaired) electrons. The summed E-state index contributed by atoms with van der Waals surface area (Å²) in [4.78, 5) is 0. The summed E-state index contributed by atoms with van der Waals surface area (Å²) in [5, 5.41) is 0. The fourth-order valence-electron chi connectivity index (χ4n) is 0. The quantitative estimate of drug-likeness (QED) is 0.274. The van der Waals surface area contributed by atoms with E-state index in [-0.39, 0.29) is 170 Å². The minimum atomic E-state index is 0. The van der Waals surface area contributed by atoms with Crippen molar-refractivity contribution in [3.63, 3.8) is 0 Å². The molecule has 0 bridgehead atoms. The van der Waals surface area contributed by atoms with Crippen LogP contribution < -0.4 is 0 Å². The molecule has 7 heavy (non-hydrogen) atoms. The van der Waals surface area contributed by atoms with Gasteiger partial charge in [-0.3, -0.25) is 0 Å². The van der Waals surface area contributed by atoms with E-state index in [0.29, 0.717) is 0 Å². The zero-order chi connectivity index (χ0) is 0. The smallest absolute Gasteiger partial charge is 2.00 e. The van der Waals surface area contributed by atoms with Crippen LogP contribution in [-0.4, -0.2) is 142 Å². The van der Waals surface area contributed by atoms with Crippen LogP contribution in [0.25, 0.3) is 0 Å². The van der Waals surface area contributed by atoms with E-state index < -0.39 is 0 Å². The van der Waals surface area contributed by atoms with Gasteiger partial charge in [0.1, 0.15) is 0 Å². The molecule has 0 amide bonds. The first kappa shape index (κ1) is 58.2. The zero-order valence-electron chi connectivity index (χ0n) is 7.57. The third-order valence-electron chi connectivity index (χ3n) is 0. The largest absolute Gasteiger partial charge is 2.00 e. The monoisotopic (exact) mass is 646 g/mol. The molecule has 0 unspecified atom stereocenters. The van der Waals surface area contributed by atoms with Crippen molar-refractivity contribution in [3.05, 3.63) is 0 Å². The Morgan fingerprint density at radius 1 is 1.14 bits per heavy atom. The van der Waals surface area contributed by atoms with Gasteiger partial charge < -0.3 is 16.7 Å². The van der Waals surface area contributed by atoms with Crippen LogP contribution in [0.5, 0.6) is 0 Å². The van der Waals surface area contributed by atoms with Gasteiger partial charge >= 0.3 is 100 Å². The average Bonchev–Trinajstić information content (AvgIpc) is 0. The third kappa shape index (κ3) is 35.7. The molecule has 0 aromatic heterocycles. The molecule has 0 aliphatic carbocycles. The van der Waals surface area contributed by atoms with Gasteiger partial charge in [0, 0.05) is 53.5 Å². The van der Waals surface area contributed by atoms with Crippen LogP contribution in [0, 0.1) is 0 Å². The molecule has 0 saturated heterocycles. The van der Waals surface area contributed by atoms with E-state index in [4.69, 9.17) is 0 Å². The van der Waals surface area contributed by atoms with Crippen molar-refractivity contribution in [2.45, 2.75) is 0 Å². The summed E-state index contributed by atoms with van der Waals surface area (Å²) < 4.78 is 0. The summed E-state index contributed by atoms with van der Waals surface area (Å²) in [5.41, 5.74) is 0. The zero-order valence-corrected chi connectivity index (χ0v) is 17.6. The molecule has 0 aliphatic rings. The predicted octanol–water partition coefficient (Wildman–Crippen LogP) is -2.02. The first-order valence-corrected chi connectivity index (χ1v) is 0. The molecule has 0 aromatic rings. The maximum Gasteiger partial charge on any atom is 2.00 e. The molecule has 0 spiro atoms. The number of hydrogen-bond acceptors (Lipinski definition) is 0. The van der Waals surface area contributed by atoms with Gasteiger partial charge in [-0.15, -0.1) is 0 Å². The second kappa shape index (κ2) is 44.1. The van der Waals surface area contributed by atoms with Gasteiger partial charge in [0.2, 0.25) is 0 Å². The predicted molar refractivity (Wildman–Crippen MR) is 31.8 cm³/mol. The minimum absolute atomic E-state index is 0. The summed E-state index contributed by atoms with van der Waals surface area (Å²) in [5.74, 6) is 0. The van der Waals surface area contributed by atoms with Crippen LogP contribution in [0.15, 0.2) is 0 Å². The van der Waals surface area contributed by atoms with E-state index in [0.717, 1.165) is 0 Å². The molecule has 0 fully saturated rings. The molecule has 0 aliphatic heterocycles. The van der Waals surface area contributed by atoms with E-state index >= 15 is 0 Å². The molecule has 2 N–H and O–H groups in total. The maximum absolute atomic E-state index is 0. The normalized spacial score (nSPS) is 0. The molecule has 0 heterocycles. The Kier molecular flexibility index (Phi) is 366. The van der Waals surface area contributed by atoms with Gasteiger partial charge in [-0.2, -0.15) is 0 Å². The topological polar surface area (TPSA) is 60.0 Å². The van der Waals surface area contributed by atoms with Crippen LogP contribution in [0.1, 0.15) is 5.71 Å². The van der Waals surface area contributed by atoms with Gasteiger partial charge in [0.25, 0.3) is 0 Å². The van der Waals surface area contributed by atoms with Gasteiger partial charge in [-0.1, -0.05) is 0 Å². The molecule has 7 heteroatoms. The standard InChI is InChI=1S/Bi.Ca.Cu.H2O.O.Pb.Sr.4H/h;;;1H2;;;;;;;/q;2*+2;;-2;;+2;4*-1. The van der Waals surface area contributed by atoms with Gasteiger partial charge in [-0.05, 0) is 0 Å². The number of hydrogen-bond donors (Lipinski definition) is 0. The Morgan fingerprint density at radius 3 is 1.14 bits per heavy atom. The van der Waals surface area contributed by atoms with E-state index in [1.54, 1.807) is 0 Å². The van der Waals surface area contributed by atoms with Crippen molar-refractivity contribution < 1.29 is 33.7 Å². The van der Waals surface area contributed by atoms with Gasteiger partial charge in [0.15, 0.2) is 0 Å². The van der Waals surface area contributed by atoms with Crippen molar-refractivity contribution in [3.8, 4) is 0 Å². The molecule has 0 atom stereocenters. The second-order valence-electron chi connectivity index (χ2n) is 0. The Hall–Kier alpha value is 4.98. The average molecular weight is 645 g/mol. The Bertz CT molecular complexity index is 28.1. The SMILES string of the molecule is O.[Bi].[Ca+2].[Cu+2].[H-].[H-].[H-].[H-].[O-2].[Pb].[Sr+2]. The van der Waals surface area contributed by atoms with Crippen molar-refractivity contribution in [2.24, 2.45) is 0 Å². The van der Waals surface area contributed by atoms with E-state index in [9.17, 15) is 0 Å². The van der Waals surface area contributed by atoms with Crippen molar-refractivity contribution in [1.82, 2.24) is 0 Å². The molecule has 0 saturated carbocycles.